The molecule has 0 aliphatic carbocycles. The molecule has 1 heterocycles. The first-order chi connectivity index (χ1) is 22.8. The molecule has 0 saturated carbocycles. The van der Waals surface area contributed by atoms with Gasteiger partial charge in [-0.05, 0) is 89.5 Å². The van der Waals surface area contributed by atoms with Crippen molar-refractivity contribution in [3.63, 3.8) is 0 Å². The Kier molecular flexibility index (Phi) is 6.21. The van der Waals surface area contributed by atoms with Gasteiger partial charge in [0.25, 0.3) is 0 Å². The van der Waals surface area contributed by atoms with Crippen molar-refractivity contribution in [2.75, 3.05) is 0 Å². The van der Waals surface area contributed by atoms with Gasteiger partial charge < -0.3 is 0 Å². The molecule has 214 valence electrons. The maximum Gasteiger partial charge on any atom is 0.0792 e. The first kappa shape index (κ1) is 26.4. The molecule has 9 rings (SSSR count). The Hall–Kier alpha value is -6.05. The van der Waals surface area contributed by atoms with Gasteiger partial charge in [-0.15, -0.1) is 0 Å². The summed E-state index contributed by atoms with van der Waals surface area (Å²) in [6, 6.07) is 61.4. The molecule has 0 bridgehead atoms. The molecule has 1 aromatic heterocycles. The zero-order valence-electron chi connectivity index (χ0n) is 25.2. The van der Waals surface area contributed by atoms with Crippen LogP contribution in [0, 0.1) is 0 Å². The van der Waals surface area contributed by atoms with E-state index in [9.17, 15) is 0 Å². The molecule has 9 aromatic rings. The van der Waals surface area contributed by atoms with Crippen molar-refractivity contribution in [1.82, 2.24) is 4.98 Å². The van der Waals surface area contributed by atoms with Crippen molar-refractivity contribution < 1.29 is 0 Å². The van der Waals surface area contributed by atoms with E-state index >= 15 is 0 Å². The molecule has 0 N–H and O–H groups in total. The number of aromatic nitrogens is 1. The van der Waals surface area contributed by atoms with E-state index in [0.29, 0.717) is 0 Å². The maximum absolute atomic E-state index is 5.07. The van der Waals surface area contributed by atoms with Gasteiger partial charge in [0.05, 0.1) is 5.52 Å². The Bertz CT molecular complexity index is 2350. The molecule has 46 heavy (non-hydrogen) atoms. The van der Waals surface area contributed by atoms with Crippen LogP contribution in [-0.4, -0.2) is 4.98 Å². The Morgan fingerprint density at radius 2 is 0.739 bits per heavy atom. The SMILES string of the molecule is c1cc(-c2cccc3ccccc23)cc(-c2c3ccccc3c(-c3cccc(-c4cccc5ccccc45)c3)c3ncccc23)c1. The van der Waals surface area contributed by atoms with E-state index in [1.165, 1.54) is 76.8 Å². The molecule has 0 aliphatic rings. The largest absolute Gasteiger partial charge is 0.256 e. The van der Waals surface area contributed by atoms with Gasteiger partial charge in [0.2, 0.25) is 0 Å². The van der Waals surface area contributed by atoms with Gasteiger partial charge in [-0.3, -0.25) is 4.98 Å². The van der Waals surface area contributed by atoms with Crippen LogP contribution < -0.4 is 0 Å². The third kappa shape index (κ3) is 4.29. The van der Waals surface area contributed by atoms with Gasteiger partial charge in [-0.1, -0.05) is 152 Å². The van der Waals surface area contributed by atoms with Crippen LogP contribution in [-0.2, 0) is 0 Å². The van der Waals surface area contributed by atoms with Crippen LogP contribution in [0.2, 0.25) is 0 Å². The van der Waals surface area contributed by atoms with E-state index in [1.807, 2.05) is 6.20 Å². The molecule has 0 atom stereocenters. The van der Waals surface area contributed by atoms with E-state index < -0.39 is 0 Å². The molecule has 1 nitrogen and oxygen atoms in total. The fraction of sp³-hybridized carbons (Fsp3) is 0. The van der Waals surface area contributed by atoms with E-state index in [2.05, 4.69) is 170 Å². The van der Waals surface area contributed by atoms with Crippen molar-refractivity contribution in [1.29, 1.82) is 0 Å². The average molecular weight is 584 g/mol. The molecular weight excluding hydrogens is 555 g/mol. The number of benzene rings is 8. The van der Waals surface area contributed by atoms with E-state index in [-0.39, 0.29) is 0 Å². The highest BCUT2D eigenvalue weighted by Crippen LogP contribution is 2.44. The summed E-state index contributed by atoms with van der Waals surface area (Å²) in [7, 11) is 0. The minimum atomic E-state index is 1.02. The number of hydrogen-bond donors (Lipinski definition) is 0. The van der Waals surface area contributed by atoms with E-state index in [0.717, 1.165) is 10.9 Å². The van der Waals surface area contributed by atoms with Crippen LogP contribution in [0.5, 0.6) is 0 Å². The van der Waals surface area contributed by atoms with Crippen molar-refractivity contribution in [3.05, 3.63) is 176 Å². The van der Waals surface area contributed by atoms with Crippen molar-refractivity contribution >= 4 is 43.2 Å². The predicted octanol–water partition coefficient (Wildman–Crippen LogP) is 12.4. The van der Waals surface area contributed by atoms with Gasteiger partial charge in [0.1, 0.15) is 0 Å². The molecule has 8 aromatic carbocycles. The monoisotopic (exact) mass is 583 g/mol. The van der Waals surface area contributed by atoms with Crippen LogP contribution in [0.25, 0.3) is 87.7 Å². The number of hydrogen-bond acceptors (Lipinski definition) is 1. The third-order valence-electron chi connectivity index (χ3n) is 9.28. The molecule has 1 heteroatoms. The Labute approximate surface area is 268 Å². The number of nitrogens with zero attached hydrogens (tertiary/aromatic N) is 1. The van der Waals surface area contributed by atoms with Gasteiger partial charge in [0.15, 0.2) is 0 Å². The first-order valence-electron chi connectivity index (χ1n) is 15.8. The van der Waals surface area contributed by atoms with Crippen molar-refractivity contribution in [3.8, 4) is 44.5 Å². The molecule has 0 unspecified atom stereocenters. The van der Waals surface area contributed by atoms with Crippen LogP contribution in [0.15, 0.2) is 176 Å². The van der Waals surface area contributed by atoms with Gasteiger partial charge >= 0.3 is 0 Å². The first-order valence-corrected chi connectivity index (χ1v) is 15.8. The molecule has 0 fully saturated rings. The summed E-state index contributed by atoms with van der Waals surface area (Å²) in [5.41, 5.74) is 10.7. The quantitative estimate of drug-likeness (QED) is 0.188. The zero-order valence-corrected chi connectivity index (χ0v) is 25.2. The Morgan fingerprint density at radius 1 is 0.304 bits per heavy atom. The lowest BCUT2D eigenvalue weighted by Crippen LogP contribution is -1.93. The molecule has 0 radical (unpaired) electrons. The second-order valence-electron chi connectivity index (χ2n) is 11.9. The topological polar surface area (TPSA) is 12.9 Å². The van der Waals surface area contributed by atoms with Gasteiger partial charge in [0, 0.05) is 17.1 Å². The second-order valence-corrected chi connectivity index (χ2v) is 11.9. The summed E-state index contributed by atoms with van der Waals surface area (Å²) in [5.74, 6) is 0. The molecule has 0 spiro atoms. The summed E-state index contributed by atoms with van der Waals surface area (Å²) in [6.07, 6.45) is 1.92. The third-order valence-corrected chi connectivity index (χ3v) is 9.28. The minimum Gasteiger partial charge on any atom is -0.256 e. The van der Waals surface area contributed by atoms with Crippen molar-refractivity contribution in [2.45, 2.75) is 0 Å². The lowest BCUT2D eigenvalue weighted by atomic mass is 9.86. The predicted molar refractivity (Wildman–Crippen MR) is 196 cm³/mol. The molecule has 0 aliphatic heterocycles. The Balaban J connectivity index is 1.28. The number of fused-ring (bicyclic) bond motifs is 4. The highest BCUT2D eigenvalue weighted by atomic mass is 14.7. The highest BCUT2D eigenvalue weighted by molar-refractivity contribution is 6.20. The van der Waals surface area contributed by atoms with E-state index in [1.54, 1.807) is 0 Å². The summed E-state index contributed by atoms with van der Waals surface area (Å²) >= 11 is 0. The number of pyridine rings is 1. The fourth-order valence-electron chi connectivity index (χ4n) is 7.24. The normalized spacial score (nSPS) is 11.5. The van der Waals surface area contributed by atoms with Crippen molar-refractivity contribution in [2.24, 2.45) is 0 Å². The average Bonchev–Trinajstić information content (AvgIpc) is 3.13. The second kappa shape index (κ2) is 10.8. The van der Waals surface area contributed by atoms with Crippen LogP contribution in [0.4, 0.5) is 0 Å². The fourth-order valence-corrected chi connectivity index (χ4v) is 7.24. The van der Waals surface area contributed by atoms with Crippen LogP contribution in [0.3, 0.4) is 0 Å². The summed E-state index contributed by atoms with van der Waals surface area (Å²) in [6.45, 7) is 0. The smallest absolute Gasteiger partial charge is 0.0792 e. The minimum absolute atomic E-state index is 1.02. The maximum atomic E-state index is 5.07. The van der Waals surface area contributed by atoms with Crippen LogP contribution in [0.1, 0.15) is 0 Å². The molecule has 0 amide bonds. The zero-order chi connectivity index (χ0) is 30.5. The lowest BCUT2D eigenvalue weighted by molar-refractivity contribution is 1.42. The summed E-state index contributed by atoms with van der Waals surface area (Å²) < 4.78 is 0. The standard InChI is InChI=1S/C45H29N/c1-3-20-36-30(12-1)14-9-24-38(36)32-16-7-18-34(28-32)43-40-22-5-6-23-41(40)44(45-42(43)26-11-27-46-45)35-19-8-17-33(29-35)39-25-10-15-31-13-2-4-21-37(31)39/h1-29H. The summed E-state index contributed by atoms with van der Waals surface area (Å²) in [4.78, 5) is 5.07. The Morgan fingerprint density at radius 3 is 1.35 bits per heavy atom. The number of rotatable bonds is 4. The van der Waals surface area contributed by atoms with Crippen LogP contribution >= 0.6 is 0 Å². The van der Waals surface area contributed by atoms with Gasteiger partial charge in [-0.25, -0.2) is 0 Å². The van der Waals surface area contributed by atoms with Gasteiger partial charge in [-0.2, -0.15) is 0 Å². The summed E-state index contributed by atoms with van der Waals surface area (Å²) in [5, 5.41) is 8.61. The van der Waals surface area contributed by atoms with E-state index in [4.69, 9.17) is 4.98 Å². The lowest BCUT2D eigenvalue weighted by Gasteiger charge is -2.18. The highest BCUT2D eigenvalue weighted by Gasteiger charge is 2.18. The molecular formula is C45H29N. The molecule has 0 saturated heterocycles.